The summed E-state index contributed by atoms with van der Waals surface area (Å²) in [4.78, 5) is 62.5. The normalized spacial score (nSPS) is 23.5. The first kappa shape index (κ1) is 25.1. The topological polar surface area (TPSA) is 145 Å². The summed E-state index contributed by atoms with van der Waals surface area (Å²) in [6.07, 6.45) is 5.21. The fourth-order valence-corrected chi connectivity index (χ4v) is 5.51. The number of nitrogens with zero attached hydrogens (tertiary/aromatic N) is 2. The van der Waals surface area contributed by atoms with E-state index in [0.29, 0.717) is 11.5 Å². The fourth-order valence-electron chi connectivity index (χ4n) is 5.51. The van der Waals surface area contributed by atoms with Gasteiger partial charge in [-0.1, -0.05) is 12.5 Å². The molecule has 2 aromatic carbocycles. The molecule has 1 N–H and O–H groups in total. The number of carbonyl (C=O) groups is 4. The third-order valence-electron chi connectivity index (χ3n) is 7.26. The number of esters is 1. The summed E-state index contributed by atoms with van der Waals surface area (Å²) in [5.74, 6) is -1.08. The highest BCUT2D eigenvalue weighted by molar-refractivity contribution is 6.31. The molecule has 1 aliphatic heterocycles. The zero-order valence-electron chi connectivity index (χ0n) is 20.5. The molecule has 38 heavy (non-hydrogen) atoms. The number of nitro benzene ring substituents is 1. The van der Waals surface area contributed by atoms with Gasteiger partial charge in [0.15, 0.2) is 11.5 Å². The third-order valence-corrected chi connectivity index (χ3v) is 7.26. The largest absolute Gasteiger partial charge is 0.490 e. The van der Waals surface area contributed by atoms with Crippen LogP contribution in [0.5, 0.6) is 11.5 Å². The summed E-state index contributed by atoms with van der Waals surface area (Å²) in [7, 11) is 0. The van der Waals surface area contributed by atoms with Crippen molar-refractivity contribution in [3.8, 4) is 11.5 Å². The van der Waals surface area contributed by atoms with Crippen molar-refractivity contribution in [2.75, 3.05) is 6.61 Å². The smallest absolute Gasteiger partial charge is 0.343 e. The molecule has 3 atom stereocenters. The van der Waals surface area contributed by atoms with Crippen LogP contribution in [0, 0.1) is 22.0 Å². The van der Waals surface area contributed by atoms with Crippen LogP contribution < -0.4 is 14.8 Å². The lowest BCUT2D eigenvalue weighted by Crippen LogP contribution is -2.58. The van der Waals surface area contributed by atoms with Gasteiger partial charge < -0.3 is 9.47 Å². The number of nitro groups is 1. The summed E-state index contributed by atoms with van der Waals surface area (Å²) in [6.45, 7) is 1.98. The van der Waals surface area contributed by atoms with Crippen LogP contribution in [-0.2, 0) is 9.59 Å². The standard InChI is InChI=1S/C27H25N3O8/c1-2-37-23-14-16(4-10-22(23)38-26(33)17-6-8-19(9-7-17)30(35)36)12-20-24(31)28-27(34)29(25(20)32)21-13-15-3-5-18(21)11-15/h4,6-10,12,14-15,18,21H,2-3,5,11,13H2,1H3,(H,28,31,34)/b20-12+/t15-,18-,21+/m0/s1. The van der Waals surface area contributed by atoms with Gasteiger partial charge in [0.05, 0.1) is 17.1 Å². The Hall–Kier alpha value is -4.54. The number of benzene rings is 2. The second-order valence-electron chi connectivity index (χ2n) is 9.57. The van der Waals surface area contributed by atoms with Crippen LogP contribution in [0.2, 0.25) is 0 Å². The van der Waals surface area contributed by atoms with E-state index in [9.17, 15) is 29.3 Å². The number of barbiturate groups is 1. The van der Waals surface area contributed by atoms with Crippen molar-refractivity contribution in [1.29, 1.82) is 0 Å². The number of nitrogens with one attached hydrogen (secondary N) is 1. The first-order valence-electron chi connectivity index (χ1n) is 12.4. The summed E-state index contributed by atoms with van der Waals surface area (Å²) in [5.41, 5.74) is 0.227. The molecule has 0 unspecified atom stereocenters. The number of non-ortho nitro benzene ring substituents is 1. The van der Waals surface area contributed by atoms with Crippen molar-refractivity contribution >= 4 is 35.6 Å². The molecule has 2 saturated carbocycles. The highest BCUT2D eigenvalue weighted by atomic mass is 16.6. The van der Waals surface area contributed by atoms with Crippen molar-refractivity contribution in [1.82, 2.24) is 10.2 Å². The molecule has 3 fully saturated rings. The van der Waals surface area contributed by atoms with Crippen molar-refractivity contribution in [3.05, 3.63) is 69.3 Å². The molecule has 196 valence electrons. The quantitative estimate of drug-likeness (QED) is 0.145. The summed E-state index contributed by atoms with van der Waals surface area (Å²) in [6, 6.07) is 8.62. The number of ether oxygens (including phenoxy) is 2. The van der Waals surface area contributed by atoms with E-state index in [1.165, 1.54) is 47.4 Å². The maximum Gasteiger partial charge on any atom is 0.343 e. The van der Waals surface area contributed by atoms with Crippen molar-refractivity contribution in [3.63, 3.8) is 0 Å². The van der Waals surface area contributed by atoms with Crippen LogP contribution >= 0.6 is 0 Å². The van der Waals surface area contributed by atoms with Gasteiger partial charge in [-0.05, 0) is 73.9 Å². The molecule has 11 heteroatoms. The van der Waals surface area contributed by atoms with Crippen LogP contribution in [0.15, 0.2) is 48.0 Å². The van der Waals surface area contributed by atoms with Crippen LogP contribution in [-0.4, -0.2) is 46.3 Å². The van der Waals surface area contributed by atoms with Gasteiger partial charge in [-0.25, -0.2) is 9.59 Å². The Kier molecular flexibility index (Phi) is 6.66. The molecule has 2 aromatic rings. The molecule has 2 bridgehead atoms. The Morgan fingerprint density at radius 1 is 1.11 bits per heavy atom. The van der Waals surface area contributed by atoms with E-state index in [0.717, 1.165) is 25.7 Å². The maximum atomic E-state index is 13.3. The molecule has 1 saturated heterocycles. The molecule has 5 rings (SSSR count). The SMILES string of the molecule is CCOc1cc(/C=C2\C(=O)NC(=O)N([C@@H]3C[C@H]4CC[C@H]3C4)C2=O)ccc1OC(=O)c1ccc([N+](=O)[O-])cc1. The Balaban J connectivity index is 1.38. The van der Waals surface area contributed by atoms with Gasteiger partial charge in [0.25, 0.3) is 17.5 Å². The van der Waals surface area contributed by atoms with E-state index in [1.807, 2.05) is 0 Å². The van der Waals surface area contributed by atoms with Gasteiger partial charge in [0, 0.05) is 18.2 Å². The van der Waals surface area contributed by atoms with Crippen LogP contribution in [0.1, 0.15) is 48.5 Å². The lowest BCUT2D eigenvalue weighted by Gasteiger charge is -2.35. The molecule has 11 nitrogen and oxygen atoms in total. The third kappa shape index (κ3) is 4.74. The maximum absolute atomic E-state index is 13.3. The average molecular weight is 520 g/mol. The number of imide groups is 2. The second kappa shape index (κ2) is 10.1. The number of hydrogen-bond donors (Lipinski definition) is 1. The minimum absolute atomic E-state index is 0.0931. The van der Waals surface area contributed by atoms with Crippen LogP contribution in [0.25, 0.3) is 6.08 Å². The highest BCUT2D eigenvalue weighted by Crippen LogP contribution is 2.47. The minimum atomic E-state index is -0.772. The minimum Gasteiger partial charge on any atom is -0.490 e. The molecule has 0 radical (unpaired) electrons. The number of urea groups is 1. The number of fused-ring (bicyclic) bond motifs is 2. The summed E-state index contributed by atoms with van der Waals surface area (Å²) in [5, 5.41) is 13.1. The lowest BCUT2D eigenvalue weighted by molar-refractivity contribution is -0.384. The Morgan fingerprint density at radius 2 is 1.87 bits per heavy atom. The molecule has 3 aliphatic rings. The van der Waals surface area contributed by atoms with Gasteiger partial charge >= 0.3 is 12.0 Å². The van der Waals surface area contributed by atoms with Gasteiger partial charge in [-0.15, -0.1) is 0 Å². The van der Waals surface area contributed by atoms with Crippen LogP contribution in [0.3, 0.4) is 0 Å². The molecular weight excluding hydrogens is 494 g/mol. The molecular formula is C27H25N3O8. The van der Waals surface area contributed by atoms with E-state index in [1.54, 1.807) is 13.0 Å². The predicted molar refractivity (Wildman–Crippen MR) is 133 cm³/mol. The van der Waals surface area contributed by atoms with Gasteiger partial charge in [0.1, 0.15) is 5.57 Å². The lowest BCUT2D eigenvalue weighted by atomic mass is 9.93. The van der Waals surface area contributed by atoms with Gasteiger partial charge in [0.2, 0.25) is 0 Å². The highest BCUT2D eigenvalue weighted by Gasteiger charge is 2.49. The number of carbonyl (C=O) groups excluding carboxylic acids is 4. The molecule has 4 amide bonds. The number of hydrogen-bond acceptors (Lipinski definition) is 8. The van der Waals surface area contributed by atoms with Crippen LogP contribution in [0.4, 0.5) is 10.5 Å². The monoisotopic (exact) mass is 519 g/mol. The van der Waals surface area contributed by atoms with E-state index in [-0.39, 0.29) is 46.9 Å². The van der Waals surface area contributed by atoms with E-state index in [4.69, 9.17) is 9.47 Å². The van der Waals surface area contributed by atoms with E-state index < -0.39 is 28.7 Å². The van der Waals surface area contributed by atoms with Crippen molar-refractivity contribution < 1.29 is 33.6 Å². The predicted octanol–water partition coefficient (Wildman–Crippen LogP) is 3.86. The van der Waals surface area contributed by atoms with Gasteiger partial charge in [-0.3, -0.25) is 29.9 Å². The van der Waals surface area contributed by atoms with E-state index in [2.05, 4.69) is 5.32 Å². The number of amides is 4. The van der Waals surface area contributed by atoms with E-state index >= 15 is 0 Å². The Bertz CT molecular complexity index is 1370. The fraction of sp³-hybridized carbons (Fsp3) is 0.333. The zero-order chi connectivity index (χ0) is 27.0. The van der Waals surface area contributed by atoms with Crippen molar-refractivity contribution in [2.45, 2.75) is 38.6 Å². The number of rotatable bonds is 7. The first-order valence-corrected chi connectivity index (χ1v) is 12.4. The average Bonchev–Trinajstić information content (AvgIpc) is 3.52. The molecule has 1 heterocycles. The first-order chi connectivity index (χ1) is 18.2. The zero-order valence-corrected chi connectivity index (χ0v) is 20.5. The molecule has 0 spiro atoms. The molecule has 0 aromatic heterocycles. The second-order valence-corrected chi connectivity index (χ2v) is 9.57. The molecule has 2 aliphatic carbocycles. The summed E-state index contributed by atoms with van der Waals surface area (Å²) < 4.78 is 11.1. The summed E-state index contributed by atoms with van der Waals surface area (Å²) >= 11 is 0. The Morgan fingerprint density at radius 3 is 2.50 bits per heavy atom. The van der Waals surface area contributed by atoms with Gasteiger partial charge in [-0.2, -0.15) is 0 Å². The van der Waals surface area contributed by atoms with Crippen molar-refractivity contribution in [2.24, 2.45) is 11.8 Å². The Labute approximate surface area is 217 Å².